The summed E-state index contributed by atoms with van der Waals surface area (Å²) in [5.74, 6) is 1.12. The first-order valence-corrected chi connectivity index (χ1v) is 6.43. The Morgan fingerprint density at radius 3 is 2.43 bits per heavy atom. The summed E-state index contributed by atoms with van der Waals surface area (Å²) in [6.45, 7) is 4.44. The molecule has 14 heavy (non-hydrogen) atoms. The fraction of sp³-hybridized carbons (Fsp3) is 1.00. The highest BCUT2D eigenvalue weighted by atomic mass is 16.3. The summed E-state index contributed by atoms with van der Waals surface area (Å²) in [5, 5.41) is 10.2. The van der Waals surface area contributed by atoms with Crippen molar-refractivity contribution in [2.45, 2.75) is 71.3 Å². The van der Waals surface area contributed by atoms with E-state index in [-0.39, 0.29) is 6.10 Å². The fourth-order valence-corrected chi connectivity index (χ4v) is 2.64. The van der Waals surface area contributed by atoms with Crippen molar-refractivity contribution in [2.24, 2.45) is 11.8 Å². The number of hydrogen-bond donors (Lipinski definition) is 1. The highest BCUT2D eigenvalue weighted by Gasteiger charge is 2.25. The summed E-state index contributed by atoms with van der Waals surface area (Å²) in [6.07, 6.45) is 10.3. The van der Waals surface area contributed by atoms with Gasteiger partial charge in [0, 0.05) is 0 Å². The average molecular weight is 198 g/mol. The van der Waals surface area contributed by atoms with Crippen LogP contribution in [0.15, 0.2) is 0 Å². The van der Waals surface area contributed by atoms with Crippen LogP contribution in [0.2, 0.25) is 0 Å². The second kappa shape index (κ2) is 6.44. The van der Waals surface area contributed by atoms with Gasteiger partial charge in [0.05, 0.1) is 6.10 Å². The Kier molecular flexibility index (Phi) is 5.54. The molecule has 0 aromatic heterocycles. The lowest BCUT2D eigenvalue weighted by Gasteiger charge is -2.30. The molecule has 0 heterocycles. The van der Waals surface area contributed by atoms with Gasteiger partial charge < -0.3 is 5.11 Å². The summed E-state index contributed by atoms with van der Waals surface area (Å²) < 4.78 is 0. The van der Waals surface area contributed by atoms with Gasteiger partial charge in [0.2, 0.25) is 0 Å². The molecule has 0 aliphatic heterocycles. The smallest absolute Gasteiger partial charge is 0.0593 e. The predicted octanol–water partition coefficient (Wildman–Crippen LogP) is 3.75. The van der Waals surface area contributed by atoms with Crippen LogP contribution in [0.3, 0.4) is 0 Å². The first-order valence-electron chi connectivity index (χ1n) is 6.43. The van der Waals surface area contributed by atoms with Gasteiger partial charge in [-0.05, 0) is 31.1 Å². The van der Waals surface area contributed by atoms with Crippen molar-refractivity contribution in [1.29, 1.82) is 0 Å². The molecule has 1 aliphatic carbocycles. The summed E-state index contributed by atoms with van der Waals surface area (Å²) in [7, 11) is 0. The standard InChI is InChI=1S/C13H26O/c1-3-4-8-11(2)13(14)12-9-6-5-7-10-12/h11-14H,3-10H2,1-2H3. The third-order valence-electron chi connectivity index (χ3n) is 3.73. The Morgan fingerprint density at radius 1 is 1.21 bits per heavy atom. The molecule has 0 saturated heterocycles. The van der Waals surface area contributed by atoms with Gasteiger partial charge in [-0.1, -0.05) is 46.0 Å². The van der Waals surface area contributed by atoms with Gasteiger partial charge in [-0.3, -0.25) is 0 Å². The third kappa shape index (κ3) is 3.61. The van der Waals surface area contributed by atoms with Gasteiger partial charge >= 0.3 is 0 Å². The number of hydrogen-bond acceptors (Lipinski definition) is 1. The van der Waals surface area contributed by atoms with Crippen molar-refractivity contribution < 1.29 is 5.11 Å². The summed E-state index contributed by atoms with van der Waals surface area (Å²) in [6, 6.07) is 0. The SMILES string of the molecule is CCCCC(C)C(O)C1CCCCC1. The Hall–Kier alpha value is -0.0400. The third-order valence-corrected chi connectivity index (χ3v) is 3.73. The summed E-state index contributed by atoms with van der Waals surface area (Å²) in [4.78, 5) is 0. The summed E-state index contributed by atoms with van der Waals surface area (Å²) in [5.41, 5.74) is 0. The van der Waals surface area contributed by atoms with Gasteiger partial charge in [-0.25, -0.2) is 0 Å². The molecule has 1 nitrogen and oxygen atoms in total. The van der Waals surface area contributed by atoms with E-state index in [1.54, 1.807) is 0 Å². The van der Waals surface area contributed by atoms with Gasteiger partial charge in [0.1, 0.15) is 0 Å². The van der Waals surface area contributed by atoms with E-state index in [4.69, 9.17) is 0 Å². The number of aliphatic hydroxyl groups is 1. The van der Waals surface area contributed by atoms with Crippen LogP contribution in [0.1, 0.15) is 65.2 Å². The van der Waals surface area contributed by atoms with Crippen LogP contribution in [-0.2, 0) is 0 Å². The van der Waals surface area contributed by atoms with E-state index in [9.17, 15) is 5.11 Å². The zero-order valence-corrected chi connectivity index (χ0v) is 9.84. The molecule has 1 N–H and O–H groups in total. The van der Waals surface area contributed by atoms with Crippen molar-refractivity contribution in [3.8, 4) is 0 Å². The monoisotopic (exact) mass is 198 g/mol. The lowest BCUT2D eigenvalue weighted by molar-refractivity contribution is 0.0359. The van der Waals surface area contributed by atoms with Gasteiger partial charge in [-0.2, -0.15) is 0 Å². The van der Waals surface area contributed by atoms with Crippen LogP contribution in [0.25, 0.3) is 0 Å². The number of unbranched alkanes of at least 4 members (excludes halogenated alkanes) is 1. The highest BCUT2D eigenvalue weighted by Crippen LogP contribution is 2.30. The maximum absolute atomic E-state index is 10.2. The first-order chi connectivity index (χ1) is 6.75. The minimum atomic E-state index is -0.0261. The minimum absolute atomic E-state index is 0.0261. The van der Waals surface area contributed by atoms with E-state index < -0.39 is 0 Å². The number of rotatable bonds is 5. The maximum atomic E-state index is 10.2. The number of aliphatic hydroxyl groups excluding tert-OH is 1. The molecule has 1 saturated carbocycles. The molecule has 0 aromatic carbocycles. The van der Waals surface area contributed by atoms with Crippen molar-refractivity contribution in [1.82, 2.24) is 0 Å². The topological polar surface area (TPSA) is 20.2 Å². The minimum Gasteiger partial charge on any atom is -0.393 e. The zero-order valence-electron chi connectivity index (χ0n) is 9.84. The predicted molar refractivity (Wildman–Crippen MR) is 61.3 cm³/mol. The van der Waals surface area contributed by atoms with E-state index in [1.165, 1.54) is 51.4 Å². The van der Waals surface area contributed by atoms with Crippen molar-refractivity contribution >= 4 is 0 Å². The molecule has 2 unspecified atom stereocenters. The Bertz CT molecular complexity index is 138. The van der Waals surface area contributed by atoms with E-state index >= 15 is 0 Å². The Balaban J connectivity index is 2.26. The molecular formula is C13H26O. The molecule has 1 rings (SSSR count). The Labute approximate surface area is 88.9 Å². The van der Waals surface area contributed by atoms with Crippen molar-refractivity contribution in [3.63, 3.8) is 0 Å². The molecule has 0 bridgehead atoms. The second-order valence-corrected chi connectivity index (χ2v) is 5.01. The highest BCUT2D eigenvalue weighted by molar-refractivity contribution is 4.76. The van der Waals surface area contributed by atoms with Crippen LogP contribution in [0.5, 0.6) is 0 Å². The van der Waals surface area contributed by atoms with E-state index in [2.05, 4.69) is 13.8 Å². The molecule has 0 aromatic rings. The molecule has 1 heteroatoms. The molecule has 1 aliphatic rings. The fourth-order valence-electron chi connectivity index (χ4n) is 2.64. The second-order valence-electron chi connectivity index (χ2n) is 5.01. The Morgan fingerprint density at radius 2 is 1.86 bits per heavy atom. The maximum Gasteiger partial charge on any atom is 0.0593 e. The van der Waals surface area contributed by atoms with Crippen LogP contribution >= 0.6 is 0 Å². The van der Waals surface area contributed by atoms with E-state index in [0.717, 1.165) is 0 Å². The molecular weight excluding hydrogens is 172 g/mol. The zero-order chi connectivity index (χ0) is 10.4. The quantitative estimate of drug-likeness (QED) is 0.713. The molecule has 1 fully saturated rings. The van der Waals surface area contributed by atoms with Crippen LogP contribution < -0.4 is 0 Å². The molecule has 0 amide bonds. The first kappa shape index (κ1) is 12.0. The molecule has 84 valence electrons. The van der Waals surface area contributed by atoms with Gasteiger partial charge in [0.15, 0.2) is 0 Å². The lowest BCUT2D eigenvalue weighted by atomic mass is 9.79. The van der Waals surface area contributed by atoms with Crippen LogP contribution in [-0.4, -0.2) is 11.2 Å². The van der Waals surface area contributed by atoms with Crippen LogP contribution in [0, 0.1) is 11.8 Å². The molecule has 0 radical (unpaired) electrons. The molecule has 2 atom stereocenters. The lowest BCUT2D eigenvalue weighted by Crippen LogP contribution is -2.29. The van der Waals surface area contributed by atoms with Crippen molar-refractivity contribution in [3.05, 3.63) is 0 Å². The normalized spacial score (nSPS) is 23.4. The van der Waals surface area contributed by atoms with Gasteiger partial charge in [-0.15, -0.1) is 0 Å². The largest absolute Gasteiger partial charge is 0.393 e. The average Bonchev–Trinajstić information content (AvgIpc) is 2.26. The molecule has 0 spiro atoms. The van der Waals surface area contributed by atoms with E-state index in [0.29, 0.717) is 11.8 Å². The van der Waals surface area contributed by atoms with Gasteiger partial charge in [0.25, 0.3) is 0 Å². The van der Waals surface area contributed by atoms with Crippen LogP contribution in [0.4, 0.5) is 0 Å². The van der Waals surface area contributed by atoms with E-state index in [1.807, 2.05) is 0 Å². The van der Waals surface area contributed by atoms with Crippen molar-refractivity contribution in [2.75, 3.05) is 0 Å². The summed E-state index contributed by atoms with van der Waals surface area (Å²) >= 11 is 0.